The van der Waals surface area contributed by atoms with E-state index in [0.717, 1.165) is 22.3 Å². The van der Waals surface area contributed by atoms with Crippen LogP contribution in [0.4, 0.5) is 4.79 Å². The molecule has 35 heavy (non-hydrogen) atoms. The van der Waals surface area contributed by atoms with Crippen molar-refractivity contribution in [2.75, 3.05) is 20.3 Å². The maximum absolute atomic E-state index is 12.8. The van der Waals surface area contributed by atoms with Crippen LogP contribution in [0, 0.1) is 11.8 Å². The summed E-state index contributed by atoms with van der Waals surface area (Å²) in [6, 6.07) is 15.7. The number of alkyl carbamates (subject to hydrolysis) is 1. The number of hydrogen-bond donors (Lipinski definition) is 3. The Morgan fingerprint density at radius 3 is 2.06 bits per heavy atom. The number of nitrogens with one attached hydrogen (secondary N) is 2. The van der Waals surface area contributed by atoms with Crippen LogP contribution in [-0.4, -0.2) is 55.5 Å². The van der Waals surface area contributed by atoms with Gasteiger partial charge < -0.3 is 25.2 Å². The Hall–Kier alpha value is -3.39. The van der Waals surface area contributed by atoms with E-state index >= 15 is 0 Å². The number of fused-ring (bicyclic) bond motifs is 3. The standard InChI is InChI=1S/C27H34N2O6/c1-16(2)25(26(32)28-14-18(34-4)13-24(30)31)17(3)29-27(33)35-15-23-21-11-7-5-9-19(21)20-10-6-8-12-22(20)23/h5-12,16-18,23,25H,13-15H2,1-4H3,(H,28,32)(H,29,33)(H,30,31). The van der Waals surface area contributed by atoms with E-state index in [-0.39, 0.29) is 37.3 Å². The number of carboxylic acid groups (broad SMARTS) is 1. The number of methoxy groups -OCH3 is 1. The predicted octanol–water partition coefficient (Wildman–Crippen LogP) is 3.79. The third-order valence-corrected chi connectivity index (χ3v) is 6.49. The molecule has 0 fully saturated rings. The van der Waals surface area contributed by atoms with Crippen LogP contribution in [-0.2, 0) is 19.1 Å². The zero-order chi connectivity index (χ0) is 25.5. The highest BCUT2D eigenvalue weighted by atomic mass is 16.5. The fourth-order valence-electron chi connectivity index (χ4n) is 4.79. The van der Waals surface area contributed by atoms with E-state index in [1.807, 2.05) is 38.1 Å². The SMILES string of the molecule is COC(CNC(=O)C(C(C)C)C(C)NC(=O)OCC1c2ccccc2-c2ccccc21)CC(=O)O. The summed E-state index contributed by atoms with van der Waals surface area (Å²) in [5, 5.41) is 14.5. The summed E-state index contributed by atoms with van der Waals surface area (Å²) in [7, 11) is 1.40. The Kier molecular flexibility index (Phi) is 8.87. The number of amides is 2. The highest BCUT2D eigenvalue weighted by molar-refractivity contribution is 5.81. The Labute approximate surface area is 206 Å². The number of aliphatic carboxylic acids is 1. The number of benzene rings is 2. The molecule has 0 spiro atoms. The Balaban J connectivity index is 1.58. The molecular formula is C27H34N2O6. The van der Waals surface area contributed by atoms with Gasteiger partial charge in [0, 0.05) is 25.6 Å². The molecule has 3 N–H and O–H groups in total. The molecule has 0 radical (unpaired) electrons. The van der Waals surface area contributed by atoms with E-state index < -0.39 is 30.1 Å². The minimum absolute atomic E-state index is 0.0483. The molecule has 3 atom stereocenters. The maximum atomic E-state index is 12.8. The van der Waals surface area contributed by atoms with Crippen molar-refractivity contribution < 1.29 is 29.0 Å². The third-order valence-electron chi connectivity index (χ3n) is 6.49. The summed E-state index contributed by atoms with van der Waals surface area (Å²) in [6.45, 7) is 5.81. The zero-order valence-electron chi connectivity index (χ0n) is 20.6. The first-order chi connectivity index (χ1) is 16.7. The van der Waals surface area contributed by atoms with Crippen LogP contribution >= 0.6 is 0 Å². The molecule has 3 unspecified atom stereocenters. The van der Waals surface area contributed by atoms with E-state index in [9.17, 15) is 14.4 Å². The number of rotatable bonds is 11. The number of carbonyl (C=O) groups excluding carboxylic acids is 2. The van der Waals surface area contributed by atoms with E-state index in [1.54, 1.807) is 6.92 Å². The fourth-order valence-corrected chi connectivity index (χ4v) is 4.79. The first kappa shape index (κ1) is 26.2. The average molecular weight is 483 g/mol. The molecule has 2 amide bonds. The molecule has 1 aliphatic rings. The smallest absolute Gasteiger partial charge is 0.407 e. The van der Waals surface area contributed by atoms with Gasteiger partial charge in [-0.25, -0.2) is 4.79 Å². The van der Waals surface area contributed by atoms with Gasteiger partial charge in [0.15, 0.2) is 0 Å². The predicted molar refractivity (Wildman–Crippen MR) is 132 cm³/mol. The zero-order valence-corrected chi connectivity index (χ0v) is 20.6. The lowest BCUT2D eigenvalue weighted by molar-refractivity contribution is -0.140. The summed E-state index contributed by atoms with van der Waals surface area (Å²) in [5.74, 6) is -1.93. The van der Waals surface area contributed by atoms with E-state index in [4.69, 9.17) is 14.6 Å². The van der Waals surface area contributed by atoms with Crippen molar-refractivity contribution in [3.8, 4) is 11.1 Å². The molecule has 0 aliphatic heterocycles. The average Bonchev–Trinajstić information content (AvgIpc) is 3.13. The number of hydrogen-bond acceptors (Lipinski definition) is 5. The van der Waals surface area contributed by atoms with Crippen molar-refractivity contribution in [1.82, 2.24) is 10.6 Å². The van der Waals surface area contributed by atoms with Crippen LogP contribution in [0.3, 0.4) is 0 Å². The lowest BCUT2D eigenvalue weighted by atomic mass is 9.88. The van der Waals surface area contributed by atoms with Crippen molar-refractivity contribution in [2.24, 2.45) is 11.8 Å². The lowest BCUT2D eigenvalue weighted by Crippen LogP contribution is -2.49. The molecule has 0 aromatic heterocycles. The van der Waals surface area contributed by atoms with Gasteiger partial charge in [-0.05, 0) is 35.1 Å². The fraction of sp³-hybridized carbons (Fsp3) is 0.444. The van der Waals surface area contributed by atoms with Gasteiger partial charge in [0.1, 0.15) is 6.61 Å². The van der Waals surface area contributed by atoms with Crippen LogP contribution in [0.1, 0.15) is 44.2 Å². The Morgan fingerprint density at radius 2 is 1.54 bits per heavy atom. The minimum Gasteiger partial charge on any atom is -0.481 e. The molecular weight excluding hydrogens is 448 g/mol. The third kappa shape index (κ3) is 6.39. The molecule has 3 rings (SSSR count). The van der Waals surface area contributed by atoms with Crippen molar-refractivity contribution in [3.63, 3.8) is 0 Å². The summed E-state index contributed by atoms with van der Waals surface area (Å²) >= 11 is 0. The van der Waals surface area contributed by atoms with Gasteiger partial charge in [0.05, 0.1) is 18.4 Å². The Bertz CT molecular complexity index is 1010. The normalized spacial score (nSPS) is 15.0. The van der Waals surface area contributed by atoms with E-state index in [0.29, 0.717) is 0 Å². The molecule has 2 aromatic carbocycles. The molecule has 0 bridgehead atoms. The van der Waals surface area contributed by atoms with Crippen molar-refractivity contribution in [1.29, 1.82) is 0 Å². The van der Waals surface area contributed by atoms with Crippen LogP contribution < -0.4 is 10.6 Å². The molecule has 0 saturated carbocycles. The van der Waals surface area contributed by atoms with Gasteiger partial charge >= 0.3 is 12.1 Å². The summed E-state index contributed by atoms with van der Waals surface area (Å²) in [5.41, 5.74) is 4.56. The molecule has 0 heterocycles. The maximum Gasteiger partial charge on any atom is 0.407 e. The summed E-state index contributed by atoms with van der Waals surface area (Å²) < 4.78 is 10.7. The summed E-state index contributed by atoms with van der Waals surface area (Å²) in [6.07, 6.45) is -1.43. The topological polar surface area (TPSA) is 114 Å². The Morgan fingerprint density at radius 1 is 0.971 bits per heavy atom. The highest BCUT2D eigenvalue weighted by Crippen LogP contribution is 2.44. The van der Waals surface area contributed by atoms with Gasteiger partial charge in [-0.1, -0.05) is 62.4 Å². The quantitative estimate of drug-likeness (QED) is 0.449. The second-order valence-corrected chi connectivity index (χ2v) is 9.23. The molecule has 188 valence electrons. The molecule has 8 nitrogen and oxygen atoms in total. The lowest BCUT2D eigenvalue weighted by Gasteiger charge is -2.28. The van der Waals surface area contributed by atoms with Gasteiger partial charge in [-0.2, -0.15) is 0 Å². The number of ether oxygens (including phenoxy) is 2. The summed E-state index contributed by atoms with van der Waals surface area (Å²) in [4.78, 5) is 36.4. The van der Waals surface area contributed by atoms with Crippen LogP contribution in [0.2, 0.25) is 0 Å². The van der Waals surface area contributed by atoms with E-state index in [2.05, 4.69) is 34.9 Å². The van der Waals surface area contributed by atoms with Gasteiger partial charge in [0.25, 0.3) is 0 Å². The first-order valence-corrected chi connectivity index (χ1v) is 11.9. The van der Waals surface area contributed by atoms with Crippen LogP contribution in [0.5, 0.6) is 0 Å². The van der Waals surface area contributed by atoms with Gasteiger partial charge in [-0.3, -0.25) is 9.59 Å². The van der Waals surface area contributed by atoms with Crippen LogP contribution in [0.15, 0.2) is 48.5 Å². The molecule has 1 aliphatic carbocycles. The first-order valence-electron chi connectivity index (χ1n) is 11.9. The number of carbonyl (C=O) groups is 3. The second-order valence-electron chi connectivity index (χ2n) is 9.23. The van der Waals surface area contributed by atoms with E-state index in [1.165, 1.54) is 7.11 Å². The highest BCUT2D eigenvalue weighted by Gasteiger charge is 2.32. The van der Waals surface area contributed by atoms with Gasteiger partial charge in [0.2, 0.25) is 5.91 Å². The largest absolute Gasteiger partial charge is 0.481 e. The monoisotopic (exact) mass is 482 g/mol. The minimum atomic E-state index is -1.00. The van der Waals surface area contributed by atoms with Crippen molar-refractivity contribution in [2.45, 2.75) is 45.3 Å². The number of carboxylic acids is 1. The molecule has 8 heteroatoms. The van der Waals surface area contributed by atoms with Crippen molar-refractivity contribution in [3.05, 3.63) is 59.7 Å². The second kappa shape index (κ2) is 11.8. The molecule has 2 aromatic rings. The van der Waals surface area contributed by atoms with Crippen LogP contribution in [0.25, 0.3) is 11.1 Å². The van der Waals surface area contributed by atoms with Gasteiger partial charge in [-0.15, -0.1) is 0 Å². The molecule has 0 saturated heterocycles. The van der Waals surface area contributed by atoms with Crippen molar-refractivity contribution >= 4 is 18.0 Å².